The zero-order chi connectivity index (χ0) is 18.1. The minimum atomic E-state index is -0.160. The third kappa shape index (κ3) is 5.36. The van der Waals surface area contributed by atoms with Gasteiger partial charge in [-0.05, 0) is 29.3 Å². The number of carbonyl (C=O) groups excluding carboxylic acids is 1. The highest BCUT2D eigenvalue weighted by atomic mass is 16.5. The van der Waals surface area contributed by atoms with Crippen LogP contribution < -0.4 is 9.47 Å². The van der Waals surface area contributed by atoms with E-state index in [2.05, 4.69) is 0 Å². The topological polar surface area (TPSA) is 59.0 Å². The Morgan fingerprint density at radius 2 is 1.80 bits per heavy atom. The summed E-state index contributed by atoms with van der Waals surface area (Å²) in [5.41, 5.74) is 1.85. The largest absolute Gasteiger partial charge is 0.493 e. The second-order valence-corrected chi connectivity index (χ2v) is 5.42. The van der Waals surface area contributed by atoms with Gasteiger partial charge >= 0.3 is 0 Å². The van der Waals surface area contributed by atoms with Crippen LogP contribution in [0.4, 0.5) is 0 Å². The van der Waals surface area contributed by atoms with Gasteiger partial charge in [0.15, 0.2) is 11.5 Å². The molecule has 0 unspecified atom stereocenters. The van der Waals surface area contributed by atoms with Crippen molar-refractivity contribution < 1.29 is 19.4 Å². The second-order valence-electron chi connectivity index (χ2n) is 5.42. The predicted octanol–water partition coefficient (Wildman–Crippen LogP) is 2.74. The van der Waals surface area contributed by atoms with Gasteiger partial charge in [0.05, 0.1) is 20.8 Å². The number of hydrogen-bond donors (Lipinski definition) is 1. The molecular formula is C20H23NO4. The Balaban J connectivity index is 2.10. The summed E-state index contributed by atoms with van der Waals surface area (Å²) in [7, 11) is 3.15. The van der Waals surface area contributed by atoms with Gasteiger partial charge in [-0.25, -0.2) is 0 Å². The van der Waals surface area contributed by atoms with Crippen molar-refractivity contribution >= 4 is 12.0 Å². The molecule has 1 amide bonds. The van der Waals surface area contributed by atoms with Crippen molar-refractivity contribution in [3.05, 3.63) is 65.7 Å². The van der Waals surface area contributed by atoms with Crippen molar-refractivity contribution in [2.24, 2.45) is 0 Å². The molecule has 0 aliphatic rings. The molecule has 0 aromatic heterocycles. The second kappa shape index (κ2) is 9.49. The molecule has 2 aromatic rings. The summed E-state index contributed by atoms with van der Waals surface area (Å²) in [6.45, 7) is 0.656. The smallest absolute Gasteiger partial charge is 0.246 e. The van der Waals surface area contributed by atoms with E-state index in [0.29, 0.717) is 18.0 Å². The summed E-state index contributed by atoms with van der Waals surface area (Å²) in [5.74, 6) is 1.08. The zero-order valence-corrected chi connectivity index (χ0v) is 14.5. The van der Waals surface area contributed by atoms with Gasteiger partial charge in [-0.15, -0.1) is 0 Å². The van der Waals surface area contributed by atoms with E-state index in [0.717, 1.165) is 11.1 Å². The Bertz CT molecular complexity index is 713. The highest BCUT2D eigenvalue weighted by Crippen LogP contribution is 2.28. The predicted molar refractivity (Wildman–Crippen MR) is 97.5 cm³/mol. The van der Waals surface area contributed by atoms with Crippen molar-refractivity contribution in [3.8, 4) is 11.5 Å². The number of rotatable bonds is 8. The lowest BCUT2D eigenvalue weighted by Gasteiger charge is -2.20. The summed E-state index contributed by atoms with van der Waals surface area (Å²) in [6.07, 6.45) is 3.22. The molecule has 5 heteroatoms. The minimum Gasteiger partial charge on any atom is -0.493 e. The fourth-order valence-corrected chi connectivity index (χ4v) is 2.42. The molecule has 132 valence electrons. The lowest BCUT2D eigenvalue weighted by atomic mass is 10.1. The molecule has 0 atom stereocenters. The number of aliphatic hydroxyl groups excluding tert-OH is 1. The van der Waals surface area contributed by atoms with E-state index in [1.807, 2.05) is 36.4 Å². The van der Waals surface area contributed by atoms with E-state index in [4.69, 9.17) is 9.47 Å². The maximum Gasteiger partial charge on any atom is 0.246 e. The number of carbonyl (C=O) groups is 1. The van der Waals surface area contributed by atoms with Gasteiger partial charge in [-0.1, -0.05) is 36.4 Å². The van der Waals surface area contributed by atoms with E-state index in [9.17, 15) is 9.90 Å². The van der Waals surface area contributed by atoms with E-state index >= 15 is 0 Å². The molecule has 25 heavy (non-hydrogen) atoms. The van der Waals surface area contributed by atoms with Crippen molar-refractivity contribution in [3.63, 3.8) is 0 Å². The normalized spacial score (nSPS) is 10.7. The lowest BCUT2D eigenvalue weighted by molar-refractivity contribution is -0.127. The van der Waals surface area contributed by atoms with Gasteiger partial charge in [-0.3, -0.25) is 4.79 Å². The van der Waals surface area contributed by atoms with Crippen LogP contribution in [0.15, 0.2) is 54.6 Å². The van der Waals surface area contributed by atoms with Crippen LogP contribution in [0.3, 0.4) is 0 Å². The van der Waals surface area contributed by atoms with Crippen LogP contribution in [-0.2, 0) is 11.3 Å². The molecule has 0 radical (unpaired) electrons. The van der Waals surface area contributed by atoms with Crippen molar-refractivity contribution in [2.45, 2.75) is 6.54 Å². The third-order valence-electron chi connectivity index (χ3n) is 3.72. The number of ether oxygens (including phenoxy) is 2. The minimum absolute atomic E-state index is 0.0806. The van der Waals surface area contributed by atoms with E-state index in [1.165, 1.54) is 6.08 Å². The fourth-order valence-electron chi connectivity index (χ4n) is 2.42. The molecule has 1 N–H and O–H groups in total. The molecule has 0 aliphatic heterocycles. The fraction of sp³-hybridized carbons (Fsp3) is 0.250. The Kier molecular flexibility index (Phi) is 7.04. The van der Waals surface area contributed by atoms with E-state index in [1.54, 1.807) is 37.3 Å². The summed E-state index contributed by atoms with van der Waals surface area (Å²) in [6, 6.07) is 15.1. The first-order valence-electron chi connectivity index (χ1n) is 8.01. The van der Waals surface area contributed by atoms with Crippen LogP contribution in [0.5, 0.6) is 11.5 Å². The van der Waals surface area contributed by atoms with Crippen LogP contribution in [0.2, 0.25) is 0 Å². The van der Waals surface area contributed by atoms with Crippen molar-refractivity contribution in [1.29, 1.82) is 0 Å². The molecule has 0 heterocycles. The monoisotopic (exact) mass is 341 g/mol. The molecule has 0 spiro atoms. The standard InChI is InChI=1S/C20H23NO4/c1-24-18-10-8-16(14-19(18)25-2)9-11-20(23)21(12-13-22)15-17-6-4-3-5-7-17/h3-11,14,22H,12-13,15H2,1-2H3/b11-9+. The van der Waals surface area contributed by atoms with Gasteiger partial charge < -0.3 is 19.5 Å². The summed E-state index contributed by atoms with van der Waals surface area (Å²) in [5, 5.41) is 9.23. The first-order valence-corrected chi connectivity index (χ1v) is 8.01. The lowest BCUT2D eigenvalue weighted by Crippen LogP contribution is -2.31. The molecule has 0 saturated carbocycles. The number of benzene rings is 2. The molecule has 0 aliphatic carbocycles. The van der Waals surface area contributed by atoms with Gasteiger partial charge in [0.2, 0.25) is 5.91 Å². The first-order chi connectivity index (χ1) is 12.2. The molecule has 0 fully saturated rings. The maximum atomic E-state index is 12.5. The Morgan fingerprint density at radius 3 is 2.44 bits per heavy atom. The summed E-state index contributed by atoms with van der Waals surface area (Å²) >= 11 is 0. The highest BCUT2D eigenvalue weighted by Gasteiger charge is 2.11. The molecule has 2 rings (SSSR count). The van der Waals surface area contributed by atoms with E-state index in [-0.39, 0.29) is 19.1 Å². The number of methoxy groups -OCH3 is 2. The number of nitrogens with zero attached hydrogens (tertiary/aromatic N) is 1. The average molecular weight is 341 g/mol. The SMILES string of the molecule is COc1ccc(/C=C/C(=O)N(CCO)Cc2ccccc2)cc1OC. The van der Waals surface area contributed by atoms with Gasteiger partial charge in [0, 0.05) is 19.2 Å². The quantitative estimate of drug-likeness (QED) is 0.750. The van der Waals surface area contributed by atoms with Gasteiger partial charge in [-0.2, -0.15) is 0 Å². The van der Waals surface area contributed by atoms with Crippen LogP contribution in [0.1, 0.15) is 11.1 Å². The zero-order valence-electron chi connectivity index (χ0n) is 14.5. The first kappa shape index (κ1) is 18.5. The summed E-state index contributed by atoms with van der Waals surface area (Å²) < 4.78 is 10.5. The number of hydrogen-bond acceptors (Lipinski definition) is 4. The van der Waals surface area contributed by atoms with Crippen molar-refractivity contribution in [2.75, 3.05) is 27.4 Å². The number of amides is 1. The molecule has 0 saturated heterocycles. The molecule has 2 aromatic carbocycles. The van der Waals surface area contributed by atoms with Crippen LogP contribution in [0, 0.1) is 0 Å². The van der Waals surface area contributed by atoms with Gasteiger partial charge in [0.1, 0.15) is 0 Å². The molecule has 0 bridgehead atoms. The highest BCUT2D eigenvalue weighted by molar-refractivity contribution is 5.91. The van der Waals surface area contributed by atoms with E-state index < -0.39 is 0 Å². The summed E-state index contributed by atoms with van der Waals surface area (Å²) in [4.78, 5) is 14.1. The molecular weight excluding hydrogens is 318 g/mol. The maximum absolute atomic E-state index is 12.5. The van der Waals surface area contributed by atoms with Crippen LogP contribution in [0.25, 0.3) is 6.08 Å². The van der Waals surface area contributed by atoms with Crippen molar-refractivity contribution in [1.82, 2.24) is 4.90 Å². The average Bonchev–Trinajstić information content (AvgIpc) is 2.66. The Labute approximate surface area is 148 Å². The Hall–Kier alpha value is -2.79. The number of aliphatic hydroxyl groups is 1. The van der Waals surface area contributed by atoms with Gasteiger partial charge in [0.25, 0.3) is 0 Å². The van der Waals surface area contributed by atoms with Crippen LogP contribution >= 0.6 is 0 Å². The molecule has 5 nitrogen and oxygen atoms in total. The van der Waals surface area contributed by atoms with Crippen LogP contribution in [-0.4, -0.2) is 43.3 Å². The third-order valence-corrected chi connectivity index (χ3v) is 3.72. The Morgan fingerprint density at radius 1 is 1.08 bits per heavy atom.